The number of carbonyl (C=O) groups is 2. The second-order valence-electron chi connectivity index (χ2n) is 16.7. The van der Waals surface area contributed by atoms with Crippen LogP contribution in [0.2, 0.25) is 0 Å². The molecular formula is C44H50N6O4. The van der Waals surface area contributed by atoms with Crippen molar-refractivity contribution in [3.05, 3.63) is 83.7 Å². The number of aromatic nitrogens is 4. The molecule has 2 aromatic heterocycles. The van der Waals surface area contributed by atoms with E-state index < -0.39 is 0 Å². The molecule has 6 atom stereocenters. The Labute approximate surface area is 316 Å². The van der Waals surface area contributed by atoms with Gasteiger partial charge in [0.25, 0.3) is 0 Å². The molecule has 280 valence electrons. The van der Waals surface area contributed by atoms with Crippen molar-refractivity contribution in [1.82, 2.24) is 29.7 Å². The van der Waals surface area contributed by atoms with Crippen LogP contribution in [0.25, 0.3) is 34.7 Å². The summed E-state index contributed by atoms with van der Waals surface area (Å²) in [7, 11) is 0. The van der Waals surface area contributed by atoms with Gasteiger partial charge >= 0.3 is 0 Å². The van der Waals surface area contributed by atoms with Gasteiger partial charge in [-0.15, -0.1) is 0 Å². The Kier molecular flexibility index (Phi) is 8.98. The van der Waals surface area contributed by atoms with Gasteiger partial charge in [-0.3, -0.25) is 9.59 Å². The number of likely N-dealkylation sites (tertiary alicyclic amines) is 2. The number of amides is 2. The third-order valence-corrected chi connectivity index (χ3v) is 13.1. The summed E-state index contributed by atoms with van der Waals surface area (Å²) in [5.41, 5.74) is 6.36. The zero-order valence-electron chi connectivity index (χ0n) is 30.9. The van der Waals surface area contributed by atoms with Crippen LogP contribution in [0.3, 0.4) is 0 Å². The number of aromatic amines is 2. The van der Waals surface area contributed by atoms with Crippen molar-refractivity contribution in [1.29, 1.82) is 0 Å². The first-order valence-corrected chi connectivity index (χ1v) is 20.3. The van der Waals surface area contributed by atoms with E-state index in [9.17, 15) is 9.59 Å². The minimum atomic E-state index is 0.0461. The fourth-order valence-corrected chi connectivity index (χ4v) is 9.77. The smallest absolute Gasteiger partial charge is 0.223 e. The van der Waals surface area contributed by atoms with E-state index >= 15 is 0 Å². The molecule has 2 amide bonds. The molecule has 2 aliphatic carbocycles. The number of nitrogens with one attached hydrogen (secondary N) is 2. The van der Waals surface area contributed by atoms with Gasteiger partial charge in [0.2, 0.25) is 11.8 Å². The van der Waals surface area contributed by atoms with Gasteiger partial charge in [0, 0.05) is 51.4 Å². The van der Waals surface area contributed by atoms with Crippen LogP contribution < -0.4 is 0 Å². The minimum Gasteiger partial charge on any atom is -0.381 e. The second kappa shape index (κ2) is 14.3. The predicted molar refractivity (Wildman–Crippen MR) is 205 cm³/mol. The zero-order chi connectivity index (χ0) is 36.2. The van der Waals surface area contributed by atoms with Crippen molar-refractivity contribution in [2.75, 3.05) is 26.4 Å². The van der Waals surface area contributed by atoms with Gasteiger partial charge < -0.3 is 29.2 Å². The maximum atomic E-state index is 13.4. The number of H-pyrrole nitrogens is 2. The van der Waals surface area contributed by atoms with Gasteiger partial charge in [0.15, 0.2) is 0 Å². The van der Waals surface area contributed by atoms with Gasteiger partial charge in [-0.1, -0.05) is 60.7 Å². The van der Waals surface area contributed by atoms with Crippen LogP contribution in [0.5, 0.6) is 0 Å². The van der Waals surface area contributed by atoms with Crippen molar-refractivity contribution in [2.24, 2.45) is 23.7 Å². The summed E-state index contributed by atoms with van der Waals surface area (Å²) in [4.78, 5) is 47.9. The monoisotopic (exact) mass is 726 g/mol. The Hall–Kier alpha value is -4.54. The molecular weight excluding hydrogens is 677 g/mol. The summed E-state index contributed by atoms with van der Waals surface area (Å²) in [6, 6.07) is 17.9. The minimum absolute atomic E-state index is 0.0461. The molecule has 4 aliphatic heterocycles. The summed E-state index contributed by atoms with van der Waals surface area (Å²) >= 11 is 0. The van der Waals surface area contributed by atoms with E-state index in [0.29, 0.717) is 48.6 Å². The molecule has 4 aromatic rings. The number of hydrogen-bond donors (Lipinski definition) is 2. The number of imidazole rings is 2. The Bertz CT molecular complexity index is 1860. The Morgan fingerprint density at radius 2 is 1.02 bits per heavy atom. The topological polar surface area (TPSA) is 116 Å². The molecule has 6 aliphatic rings. The maximum Gasteiger partial charge on any atom is 0.223 e. The van der Waals surface area contributed by atoms with Crippen molar-refractivity contribution in [3.8, 4) is 22.5 Å². The van der Waals surface area contributed by atoms with E-state index in [-0.39, 0.29) is 23.9 Å². The fraction of sp³-hybridized carbons (Fsp3) is 0.500. The van der Waals surface area contributed by atoms with Crippen molar-refractivity contribution in [2.45, 2.75) is 88.4 Å². The maximum absolute atomic E-state index is 13.4. The standard InChI is InChI=1S/C44H50N6O4/c51-41(19-29-11-15-53-16-12-29)49-37-21-33(37)23-39(49)43-45-25-35(47-43)31-7-3-27(4-8-31)1-2-28-5-9-32(10-6-28)36-26-46-44(48-36)40-24-34-22-38(34)50(40)42(52)20-30-13-17-54-18-14-30/h1-10,25-26,29-30,33-34,37-40H,11-24H2,(H,45,47)(H,46,48)/t33-,34-,37?,38?,39+,40+/m1/s1. The number of rotatable bonds is 10. The summed E-state index contributed by atoms with van der Waals surface area (Å²) in [6.07, 6.45) is 17.6. The molecule has 54 heavy (non-hydrogen) atoms. The molecule has 10 nitrogen and oxygen atoms in total. The van der Waals surface area contributed by atoms with Crippen molar-refractivity contribution >= 4 is 24.0 Å². The first kappa shape index (κ1) is 34.0. The summed E-state index contributed by atoms with van der Waals surface area (Å²) in [5.74, 6) is 4.49. The molecule has 10 rings (SSSR count). The lowest BCUT2D eigenvalue weighted by Gasteiger charge is -2.29. The van der Waals surface area contributed by atoms with Gasteiger partial charge in [-0.25, -0.2) is 9.97 Å². The Morgan fingerprint density at radius 1 is 0.611 bits per heavy atom. The van der Waals surface area contributed by atoms with E-state index in [2.05, 4.69) is 80.5 Å². The molecule has 0 radical (unpaired) electrons. The zero-order valence-corrected chi connectivity index (χ0v) is 30.9. The largest absolute Gasteiger partial charge is 0.381 e. The van der Waals surface area contributed by atoms with Crippen LogP contribution in [0.15, 0.2) is 60.9 Å². The van der Waals surface area contributed by atoms with Crippen LogP contribution in [-0.4, -0.2) is 80.1 Å². The van der Waals surface area contributed by atoms with Crippen LogP contribution in [-0.2, 0) is 19.1 Å². The average molecular weight is 727 g/mol. The number of nitrogens with zero attached hydrogens (tertiary/aromatic N) is 4. The van der Waals surface area contributed by atoms with E-state index in [1.54, 1.807) is 0 Å². The summed E-state index contributed by atoms with van der Waals surface area (Å²) in [5, 5.41) is 0. The highest BCUT2D eigenvalue weighted by molar-refractivity contribution is 5.79. The van der Waals surface area contributed by atoms with Crippen LogP contribution in [0.4, 0.5) is 0 Å². The second-order valence-corrected chi connectivity index (χ2v) is 16.7. The lowest BCUT2D eigenvalue weighted by Crippen LogP contribution is -2.36. The van der Waals surface area contributed by atoms with Crippen molar-refractivity contribution in [3.63, 3.8) is 0 Å². The van der Waals surface area contributed by atoms with E-state index in [1.165, 1.54) is 0 Å². The SMILES string of the molecule is O=C(CC1CCOCC1)N1C2C[C@@H]2C[C@H]1c1ncc(-c2ccc(C=Cc3ccc(-c4cnc([C@@H]5C[C@H]6CC6N5C(=O)CC5CCOCC5)[nH]4)cc3)cc2)[nH]1. The van der Waals surface area contributed by atoms with Gasteiger partial charge in [-0.05, 0) is 97.3 Å². The molecule has 0 spiro atoms. The van der Waals surface area contributed by atoms with Crippen LogP contribution in [0, 0.1) is 23.7 Å². The molecule has 0 bridgehead atoms. The number of ether oxygens (including phenoxy) is 2. The fourth-order valence-electron chi connectivity index (χ4n) is 9.77. The lowest BCUT2D eigenvalue weighted by molar-refractivity contribution is -0.136. The number of hydrogen-bond acceptors (Lipinski definition) is 6. The molecule has 6 fully saturated rings. The van der Waals surface area contributed by atoms with Crippen LogP contribution in [0.1, 0.15) is 99.1 Å². The van der Waals surface area contributed by atoms with Gasteiger partial charge in [0.05, 0.1) is 35.9 Å². The predicted octanol–water partition coefficient (Wildman–Crippen LogP) is 7.59. The Balaban J connectivity index is 0.756. The van der Waals surface area contributed by atoms with Gasteiger partial charge in [0.1, 0.15) is 11.6 Å². The molecule has 2 N–H and O–H groups in total. The molecule has 2 saturated carbocycles. The normalized spacial score (nSPS) is 28.1. The highest BCUT2D eigenvalue weighted by atomic mass is 16.5. The lowest BCUT2D eigenvalue weighted by atomic mass is 9.95. The highest BCUT2D eigenvalue weighted by Gasteiger charge is 2.56. The first-order valence-electron chi connectivity index (χ1n) is 20.3. The summed E-state index contributed by atoms with van der Waals surface area (Å²) in [6.45, 7) is 3.09. The summed E-state index contributed by atoms with van der Waals surface area (Å²) < 4.78 is 11.0. The number of carbonyl (C=O) groups excluding carboxylic acids is 2. The van der Waals surface area contributed by atoms with Gasteiger partial charge in [-0.2, -0.15) is 0 Å². The van der Waals surface area contributed by atoms with Crippen LogP contribution >= 0.6 is 0 Å². The van der Waals surface area contributed by atoms with Crippen molar-refractivity contribution < 1.29 is 19.1 Å². The number of piperidine rings is 2. The number of fused-ring (bicyclic) bond motifs is 2. The van der Waals surface area contributed by atoms with E-state index in [0.717, 1.165) is 123 Å². The molecule has 10 heteroatoms. The molecule has 4 saturated heterocycles. The molecule has 6 heterocycles. The molecule has 2 aromatic carbocycles. The average Bonchev–Trinajstić information content (AvgIpc) is 3.79. The number of benzene rings is 2. The van der Waals surface area contributed by atoms with E-state index in [1.807, 2.05) is 12.4 Å². The first-order chi connectivity index (χ1) is 26.5. The Morgan fingerprint density at radius 3 is 1.43 bits per heavy atom. The highest BCUT2D eigenvalue weighted by Crippen LogP contribution is 2.54. The molecule has 2 unspecified atom stereocenters. The third kappa shape index (κ3) is 6.83. The quantitative estimate of drug-likeness (QED) is 0.163. The third-order valence-electron chi connectivity index (χ3n) is 13.1. The van der Waals surface area contributed by atoms with E-state index in [4.69, 9.17) is 19.4 Å².